The van der Waals surface area contributed by atoms with E-state index in [1.165, 1.54) is 12.1 Å². The molecule has 2 aromatic rings. The van der Waals surface area contributed by atoms with Crippen LogP contribution in [-0.2, 0) is 0 Å². The van der Waals surface area contributed by atoms with Gasteiger partial charge >= 0.3 is 0 Å². The Balaban J connectivity index is 1.79. The first-order chi connectivity index (χ1) is 12.4. The zero-order chi connectivity index (χ0) is 18.7. The SMILES string of the molecule is CC(C)c1nc(C(=O)NCC2(C)CCNCC2)nn1-c1cccc(F)c1. The Morgan fingerprint density at radius 1 is 1.38 bits per heavy atom. The number of nitrogens with zero attached hydrogens (tertiary/aromatic N) is 3. The Morgan fingerprint density at radius 2 is 2.12 bits per heavy atom. The van der Waals surface area contributed by atoms with Crippen molar-refractivity contribution in [2.75, 3.05) is 19.6 Å². The molecule has 1 amide bonds. The Morgan fingerprint density at radius 3 is 2.77 bits per heavy atom. The lowest BCUT2D eigenvalue weighted by molar-refractivity contribution is 0.0912. The summed E-state index contributed by atoms with van der Waals surface area (Å²) in [4.78, 5) is 17.0. The largest absolute Gasteiger partial charge is 0.349 e. The molecule has 1 fully saturated rings. The maximum atomic E-state index is 13.6. The van der Waals surface area contributed by atoms with Gasteiger partial charge in [0.2, 0.25) is 5.82 Å². The van der Waals surface area contributed by atoms with Gasteiger partial charge in [0, 0.05) is 12.5 Å². The predicted molar refractivity (Wildman–Crippen MR) is 97.9 cm³/mol. The van der Waals surface area contributed by atoms with Crippen LogP contribution in [-0.4, -0.2) is 40.3 Å². The molecule has 0 radical (unpaired) electrons. The van der Waals surface area contributed by atoms with E-state index in [1.807, 2.05) is 13.8 Å². The van der Waals surface area contributed by atoms with Crippen LogP contribution >= 0.6 is 0 Å². The minimum Gasteiger partial charge on any atom is -0.349 e. The molecule has 1 aliphatic heterocycles. The Labute approximate surface area is 153 Å². The summed E-state index contributed by atoms with van der Waals surface area (Å²) in [6.07, 6.45) is 2.05. The van der Waals surface area contributed by atoms with E-state index in [-0.39, 0.29) is 28.9 Å². The highest BCUT2D eigenvalue weighted by Gasteiger charge is 2.28. The van der Waals surface area contributed by atoms with E-state index >= 15 is 0 Å². The number of carbonyl (C=O) groups is 1. The average Bonchev–Trinajstić information content (AvgIpc) is 3.06. The monoisotopic (exact) mass is 359 g/mol. The van der Waals surface area contributed by atoms with E-state index in [0.29, 0.717) is 18.1 Å². The summed E-state index contributed by atoms with van der Waals surface area (Å²) >= 11 is 0. The van der Waals surface area contributed by atoms with Crippen molar-refractivity contribution in [3.63, 3.8) is 0 Å². The first-order valence-corrected chi connectivity index (χ1v) is 9.10. The van der Waals surface area contributed by atoms with Crippen molar-refractivity contribution in [1.82, 2.24) is 25.4 Å². The van der Waals surface area contributed by atoms with Crippen molar-refractivity contribution in [2.24, 2.45) is 5.41 Å². The van der Waals surface area contributed by atoms with Crippen molar-refractivity contribution < 1.29 is 9.18 Å². The lowest BCUT2D eigenvalue weighted by Gasteiger charge is -2.33. The molecule has 1 aromatic carbocycles. The number of hydrogen-bond acceptors (Lipinski definition) is 4. The number of benzene rings is 1. The van der Waals surface area contributed by atoms with Crippen molar-refractivity contribution in [2.45, 2.75) is 39.5 Å². The fourth-order valence-corrected chi connectivity index (χ4v) is 3.17. The fourth-order valence-electron chi connectivity index (χ4n) is 3.17. The summed E-state index contributed by atoms with van der Waals surface area (Å²) in [6.45, 7) is 8.66. The lowest BCUT2D eigenvalue weighted by Crippen LogP contribution is -2.43. The van der Waals surface area contributed by atoms with Gasteiger partial charge in [-0.2, -0.15) is 0 Å². The standard InChI is InChI=1S/C19H26FN5O/c1-13(2)17-23-16(24-25(17)15-6-4-5-14(20)11-15)18(26)22-12-19(3)7-9-21-10-8-19/h4-6,11,13,21H,7-10,12H2,1-3H3,(H,22,26). The zero-order valence-electron chi connectivity index (χ0n) is 15.6. The Hall–Kier alpha value is -2.28. The van der Waals surface area contributed by atoms with Crippen LogP contribution in [0.25, 0.3) is 5.69 Å². The zero-order valence-corrected chi connectivity index (χ0v) is 15.6. The van der Waals surface area contributed by atoms with Gasteiger partial charge in [-0.05, 0) is 49.5 Å². The quantitative estimate of drug-likeness (QED) is 0.861. The molecular weight excluding hydrogens is 333 g/mol. The molecule has 0 bridgehead atoms. The molecule has 26 heavy (non-hydrogen) atoms. The molecule has 0 atom stereocenters. The van der Waals surface area contributed by atoms with E-state index in [2.05, 4.69) is 27.6 Å². The number of carbonyl (C=O) groups excluding carboxylic acids is 1. The van der Waals surface area contributed by atoms with Gasteiger partial charge in [-0.3, -0.25) is 4.79 Å². The molecule has 140 valence electrons. The second-order valence-corrected chi connectivity index (χ2v) is 7.58. The van der Waals surface area contributed by atoms with Gasteiger partial charge in [-0.1, -0.05) is 26.8 Å². The number of halogens is 1. The van der Waals surface area contributed by atoms with Gasteiger partial charge in [0.05, 0.1) is 5.69 Å². The molecule has 0 aliphatic carbocycles. The van der Waals surface area contributed by atoms with Crippen molar-refractivity contribution >= 4 is 5.91 Å². The second-order valence-electron chi connectivity index (χ2n) is 7.58. The van der Waals surface area contributed by atoms with Crippen LogP contribution in [0, 0.1) is 11.2 Å². The molecule has 2 N–H and O–H groups in total. The van der Waals surface area contributed by atoms with Gasteiger partial charge in [-0.15, -0.1) is 5.10 Å². The molecule has 0 unspecified atom stereocenters. The third-order valence-electron chi connectivity index (χ3n) is 4.89. The first kappa shape index (κ1) is 18.5. The summed E-state index contributed by atoms with van der Waals surface area (Å²) in [6, 6.07) is 6.14. The topological polar surface area (TPSA) is 71.8 Å². The average molecular weight is 359 g/mol. The maximum absolute atomic E-state index is 13.6. The van der Waals surface area contributed by atoms with E-state index in [1.54, 1.807) is 16.8 Å². The highest BCUT2D eigenvalue weighted by molar-refractivity contribution is 5.90. The van der Waals surface area contributed by atoms with Crippen molar-refractivity contribution in [3.8, 4) is 5.69 Å². The molecular formula is C19H26FN5O. The predicted octanol–water partition coefficient (Wildman–Crippen LogP) is 2.65. The Kier molecular flexibility index (Phi) is 5.36. The normalized spacial score (nSPS) is 16.7. The summed E-state index contributed by atoms with van der Waals surface area (Å²) < 4.78 is 15.1. The second kappa shape index (κ2) is 7.53. The summed E-state index contributed by atoms with van der Waals surface area (Å²) in [5.41, 5.74) is 0.651. The van der Waals surface area contributed by atoms with Gasteiger partial charge in [-0.25, -0.2) is 14.1 Å². The first-order valence-electron chi connectivity index (χ1n) is 9.10. The molecule has 7 heteroatoms. The number of hydrogen-bond donors (Lipinski definition) is 2. The summed E-state index contributed by atoms with van der Waals surface area (Å²) in [5.74, 6) is 0.165. The smallest absolute Gasteiger partial charge is 0.291 e. The van der Waals surface area contributed by atoms with Crippen LogP contribution in [0.1, 0.15) is 56.0 Å². The third kappa shape index (κ3) is 4.09. The van der Waals surface area contributed by atoms with Gasteiger partial charge < -0.3 is 10.6 Å². The van der Waals surface area contributed by atoms with Crippen LogP contribution in [0.4, 0.5) is 4.39 Å². The van der Waals surface area contributed by atoms with E-state index in [4.69, 9.17) is 0 Å². The van der Waals surface area contributed by atoms with Crippen LogP contribution in [0.3, 0.4) is 0 Å². The Bertz CT molecular complexity index is 780. The number of rotatable bonds is 5. The van der Waals surface area contributed by atoms with E-state index in [9.17, 15) is 9.18 Å². The van der Waals surface area contributed by atoms with Crippen molar-refractivity contribution in [1.29, 1.82) is 0 Å². The molecule has 0 saturated carbocycles. The van der Waals surface area contributed by atoms with E-state index in [0.717, 1.165) is 25.9 Å². The van der Waals surface area contributed by atoms with Crippen LogP contribution in [0.15, 0.2) is 24.3 Å². The molecule has 1 aliphatic rings. The van der Waals surface area contributed by atoms with Crippen LogP contribution in [0.5, 0.6) is 0 Å². The highest BCUT2D eigenvalue weighted by atomic mass is 19.1. The number of piperidine rings is 1. The number of nitrogens with one attached hydrogen (secondary N) is 2. The molecule has 1 aromatic heterocycles. The third-order valence-corrected chi connectivity index (χ3v) is 4.89. The summed E-state index contributed by atoms with van der Waals surface area (Å²) in [7, 11) is 0. The molecule has 2 heterocycles. The number of amides is 1. The molecule has 3 rings (SSSR count). The number of aromatic nitrogens is 3. The van der Waals surface area contributed by atoms with E-state index < -0.39 is 0 Å². The molecule has 6 nitrogen and oxygen atoms in total. The fraction of sp³-hybridized carbons (Fsp3) is 0.526. The summed E-state index contributed by atoms with van der Waals surface area (Å²) in [5, 5.41) is 10.6. The minimum atomic E-state index is -0.349. The maximum Gasteiger partial charge on any atom is 0.291 e. The van der Waals surface area contributed by atoms with Gasteiger partial charge in [0.1, 0.15) is 11.6 Å². The van der Waals surface area contributed by atoms with Crippen molar-refractivity contribution in [3.05, 3.63) is 41.7 Å². The van der Waals surface area contributed by atoms with Crippen LogP contribution in [0.2, 0.25) is 0 Å². The molecule has 1 saturated heterocycles. The van der Waals surface area contributed by atoms with Crippen LogP contribution < -0.4 is 10.6 Å². The molecule has 0 spiro atoms. The van der Waals surface area contributed by atoms with Gasteiger partial charge in [0.15, 0.2) is 0 Å². The minimum absolute atomic E-state index is 0.0502. The van der Waals surface area contributed by atoms with Gasteiger partial charge in [0.25, 0.3) is 5.91 Å². The highest BCUT2D eigenvalue weighted by Crippen LogP contribution is 2.26. The lowest BCUT2D eigenvalue weighted by atomic mass is 9.81.